The predicted octanol–water partition coefficient (Wildman–Crippen LogP) is -5.29. The zero-order valence-electron chi connectivity index (χ0n) is 50.1. The van der Waals surface area contributed by atoms with Gasteiger partial charge in [-0.15, -0.1) is 0 Å². The molecule has 0 aliphatic carbocycles. The Labute approximate surface area is 507 Å². The molecule has 0 radical (unpaired) electrons. The van der Waals surface area contributed by atoms with Crippen LogP contribution in [0.25, 0.3) is 0 Å². The van der Waals surface area contributed by atoms with Crippen LogP contribution in [-0.2, 0) is 65.6 Å². The second-order valence-corrected chi connectivity index (χ2v) is 21.5. The summed E-state index contributed by atoms with van der Waals surface area (Å²) in [5.74, 6) is -9.87. The lowest BCUT2D eigenvalue weighted by atomic mass is 10.0. The molecule has 1 fully saturated rings. The maximum atomic E-state index is 14.6. The topological polar surface area (TPSA) is 491 Å². The minimum Gasteiger partial charge on any atom is -0.391 e. The molecule has 0 saturated carbocycles. The molecule has 3 rings (SSSR count). The first-order chi connectivity index (χ1) is 41.6. The molecule has 2 aromatic rings. The Morgan fingerprint density at radius 3 is 1.40 bits per heavy atom. The van der Waals surface area contributed by atoms with Gasteiger partial charge >= 0.3 is 0 Å². The molecule has 1 aliphatic heterocycles. The number of amides is 11. The summed E-state index contributed by atoms with van der Waals surface area (Å²) in [6.07, 6.45) is -0.256. The number of hydrogen-bond acceptors (Lipinski definition) is 18. The molecule has 12 atom stereocenters. The molecule has 0 aromatic heterocycles. The predicted molar refractivity (Wildman–Crippen MR) is 322 cm³/mol. The molecule has 0 bridgehead atoms. The van der Waals surface area contributed by atoms with Crippen molar-refractivity contribution in [3.63, 3.8) is 0 Å². The van der Waals surface area contributed by atoms with Gasteiger partial charge in [-0.05, 0) is 103 Å². The lowest BCUT2D eigenvalue weighted by Gasteiger charge is -2.28. The molecule has 87 heavy (non-hydrogen) atoms. The number of aliphatic hydroxyl groups is 2. The summed E-state index contributed by atoms with van der Waals surface area (Å²) < 4.78 is 0. The van der Waals surface area contributed by atoms with Gasteiger partial charge in [-0.3, -0.25) is 52.7 Å². The first-order valence-corrected chi connectivity index (χ1v) is 29.9. The highest BCUT2D eigenvalue weighted by Crippen LogP contribution is 2.12. The molecule has 11 amide bonds. The summed E-state index contributed by atoms with van der Waals surface area (Å²) in [5.41, 5.74) is 30.6. The van der Waals surface area contributed by atoms with E-state index in [9.17, 15) is 63.0 Å². The molecule has 1 heterocycles. The minimum absolute atomic E-state index is 0.0176. The fraction of sp³-hybridized carbons (Fsp3) is 0.603. The van der Waals surface area contributed by atoms with Gasteiger partial charge in [0.05, 0.1) is 12.2 Å². The largest absolute Gasteiger partial charge is 0.391 e. The molecular formula is C58H94N16O13. The fourth-order valence-corrected chi connectivity index (χ4v) is 9.38. The average molecular weight is 1220 g/mol. The number of nitrogens with two attached hydrogens (primary N) is 5. The third kappa shape index (κ3) is 26.1. The number of hydrogen-bond donors (Lipinski definition) is 18. The Kier molecular flexibility index (Phi) is 33.8. The van der Waals surface area contributed by atoms with Crippen molar-refractivity contribution in [2.24, 2.45) is 28.7 Å². The summed E-state index contributed by atoms with van der Waals surface area (Å²) in [5, 5.41) is 49.8. The van der Waals surface area contributed by atoms with Crippen molar-refractivity contribution in [3.05, 3.63) is 71.8 Å². The monoisotopic (exact) mass is 1220 g/mol. The van der Waals surface area contributed by atoms with E-state index in [1.165, 1.54) is 13.8 Å². The Bertz CT molecular complexity index is 2530. The molecular weight excluding hydrogens is 1130 g/mol. The van der Waals surface area contributed by atoms with Gasteiger partial charge in [0.15, 0.2) is 0 Å². The second kappa shape index (κ2) is 39.9. The number of rotatable bonds is 29. The van der Waals surface area contributed by atoms with Crippen LogP contribution in [0.2, 0.25) is 0 Å². The maximum absolute atomic E-state index is 14.6. The van der Waals surface area contributed by atoms with Crippen LogP contribution in [0.4, 0.5) is 0 Å². The van der Waals surface area contributed by atoms with Gasteiger partial charge in [0.1, 0.15) is 60.4 Å². The summed E-state index contributed by atoms with van der Waals surface area (Å²) in [7, 11) is 0. The molecule has 23 N–H and O–H groups in total. The van der Waals surface area contributed by atoms with Crippen molar-refractivity contribution in [2.45, 2.75) is 183 Å². The van der Waals surface area contributed by atoms with Crippen LogP contribution >= 0.6 is 0 Å². The molecule has 484 valence electrons. The van der Waals surface area contributed by atoms with Gasteiger partial charge in [0.25, 0.3) is 0 Å². The zero-order chi connectivity index (χ0) is 64.4. The Balaban J connectivity index is 2.10. The van der Waals surface area contributed by atoms with E-state index in [-0.39, 0.29) is 84.1 Å². The number of benzene rings is 2. The normalized spacial score (nSPS) is 22.1. The fourth-order valence-electron chi connectivity index (χ4n) is 9.38. The number of unbranched alkanes of at least 4 members (excludes halogenated alkanes) is 4. The van der Waals surface area contributed by atoms with Crippen LogP contribution in [0.1, 0.15) is 109 Å². The van der Waals surface area contributed by atoms with E-state index in [2.05, 4.69) is 65.4 Å². The molecule has 29 heteroatoms. The third-order valence-corrected chi connectivity index (χ3v) is 14.3. The van der Waals surface area contributed by atoms with Crippen molar-refractivity contribution in [2.75, 3.05) is 39.3 Å². The van der Waals surface area contributed by atoms with Gasteiger partial charge < -0.3 is 97.4 Å². The van der Waals surface area contributed by atoms with Crippen LogP contribution in [0.3, 0.4) is 0 Å². The van der Waals surface area contributed by atoms with E-state index in [0.29, 0.717) is 17.5 Å². The zero-order valence-corrected chi connectivity index (χ0v) is 50.1. The molecule has 0 spiro atoms. The van der Waals surface area contributed by atoms with Crippen molar-refractivity contribution < 1.29 is 63.0 Å². The van der Waals surface area contributed by atoms with Crippen LogP contribution in [-0.4, -0.2) is 187 Å². The third-order valence-electron chi connectivity index (χ3n) is 14.3. The Hall–Kier alpha value is -7.67. The highest BCUT2D eigenvalue weighted by molar-refractivity contribution is 5.99. The van der Waals surface area contributed by atoms with Gasteiger partial charge in [-0.1, -0.05) is 93.3 Å². The number of carbonyl (C=O) groups is 11. The van der Waals surface area contributed by atoms with Gasteiger partial charge in [-0.2, -0.15) is 0 Å². The van der Waals surface area contributed by atoms with Crippen molar-refractivity contribution in [1.82, 2.24) is 58.5 Å². The maximum Gasteiger partial charge on any atom is 0.245 e. The lowest BCUT2D eigenvalue weighted by Crippen LogP contribution is -2.62. The highest BCUT2D eigenvalue weighted by Gasteiger charge is 2.37. The molecule has 2 aromatic carbocycles. The highest BCUT2D eigenvalue weighted by atomic mass is 16.3. The molecule has 1 saturated heterocycles. The quantitative estimate of drug-likeness (QED) is 0.0338. The van der Waals surface area contributed by atoms with Crippen LogP contribution in [0.5, 0.6) is 0 Å². The number of aliphatic hydroxyl groups excluding tert-OH is 2. The van der Waals surface area contributed by atoms with Gasteiger partial charge in [0.2, 0.25) is 65.0 Å². The summed E-state index contributed by atoms with van der Waals surface area (Å²) in [6, 6.07) is 2.07. The van der Waals surface area contributed by atoms with E-state index in [1.807, 2.05) is 0 Å². The summed E-state index contributed by atoms with van der Waals surface area (Å²) >= 11 is 0. The van der Waals surface area contributed by atoms with E-state index in [0.717, 1.165) is 25.7 Å². The van der Waals surface area contributed by atoms with E-state index in [1.54, 1.807) is 60.7 Å². The van der Waals surface area contributed by atoms with Crippen LogP contribution < -0.4 is 87.2 Å². The SMILES string of the molecule is CCCCCCCC(=O)N[C@@H](CCN)C(=O)N[C@H](C(=O)N[C@@H](CCN)C(=O)N[C@H]1CCNC(=O)[C@H]([C@@H](C)O)NC(=O)[C@H](CCN)NC(=O)[C@H](CCN)NC(=O)[C@H](Cc2ccccc2)NC(=O)[C@@H](Cc2ccccc2)NC(=O)[C@H](CCN)NC1=O)[C@@H](C)O. The second-order valence-electron chi connectivity index (χ2n) is 21.5. The van der Waals surface area contributed by atoms with E-state index < -0.39 is 151 Å². The Morgan fingerprint density at radius 1 is 0.517 bits per heavy atom. The first kappa shape index (κ1) is 73.6. The summed E-state index contributed by atoms with van der Waals surface area (Å²) in [4.78, 5) is 155. The van der Waals surface area contributed by atoms with Gasteiger partial charge in [-0.25, -0.2) is 0 Å². The van der Waals surface area contributed by atoms with E-state index >= 15 is 0 Å². The van der Waals surface area contributed by atoms with Crippen LogP contribution in [0, 0.1) is 0 Å². The average Bonchev–Trinajstić information content (AvgIpc) is 3.21. The van der Waals surface area contributed by atoms with Crippen molar-refractivity contribution in [3.8, 4) is 0 Å². The molecule has 0 unspecified atom stereocenters. The lowest BCUT2D eigenvalue weighted by molar-refractivity contribution is -0.137. The number of nitrogens with one attached hydrogen (secondary N) is 11. The smallest absolute Gasteiger partial charge is 0.245 e. The Morgan fingerprint density at radius 2 is 0.954 bits per heavy atom. The van der Waals surface area contributed by atoms with E-state index in [4.69, 9.17) is 28.7 Å². The van der Waals surface area contributed by atoms with Crippen LogP contribution in [0.15, 0.2) is 60.7 Å². The summed E-state index contributed by atoms with van der Waals surface area (Å²) in [6.45, 7) is 3.24. The van der Waals surface area contributed by atoms with Gasteiger partial charge in [0, 0.05) is 25.8 Å². The standard InChI is InChI=1S/C58H94N16O13/c1-4-5-6-7-14-19-46(77)65-38(20-26-59)53(82)74-48(35(3)76)58(87)70-41(23-29-62)50(79)69-43-25-31-64-57(86)47(34(2)75)73-54(83)42(24-30-63)67-49(78)39(21-27-60)68-55(84)44(32-36-15-10-8-11-16-36)72-56(85)45(33-37-17-12-9-13-18-37)71-51(80)40(22-28-61)66-52(43)81/h8-13,15-18,34-35,38-45,47-48,75-76H,4-7,14,19-33,59-63H2,1-3H3,(H,64,86)(H,65,77)(H,66,81)(H,67,78)(H,68,84)(H,69,79)(H,70,87)(H,71,80)(H,72,85)(H,73,83)(H,74,82)/t34-,35-,38+,39+,40+,41+,42+,43+,44+,45-,47+,48+/m1/s1. The molecule has 1 aliphatic rings. The number of carbonyl (C=O) groups excluding carboxylic acids is 11. The van der Waals surface area contributed by atoms with Crippen molar-refractivity contribution >= 4 is 65.0 Å². The first-order valence-electron chi connectivity index (χ1n) is 29.9. The molecule has 29 nitrogen and oxygen atoms in total. The van der Waals surface area contributed by atoms with Crippen molar-refractivity contribution in [1.29, 1.82) is 0 Å². The minimum atomic E-state index is -1.70.